The second-order valence-electron chi connectivity index (χ2n) is 7.05. The first-order valence-electron chi connectivity index (χ1n) is 9.58. The molecule has 1 atom stereocenters. The summed E-state index contributed by atoms with van der Waals surface area (Å²) in [6.45, 7) is 1.29. The Balaban J connectivity index is 1.49. The molecule has 1 saturated heterocycles. The Morgan fingerprint density at radius 1 is 1.23 bits per heavy atom. The van der Waals surface area contributed by atoms with Crippen molar-refractivity contribution in [1.29, 1.82) is 0 Å². The Labute approximate surface area is 179 Å². The number of nitrogens with zero attached hydrogens (tertiary/aromatic N) is 2. The average molecular weight is 452 g/mol. The van der Waals surface area contributed by atoms with Gasteiger partial charge in [-0.15, -0.1) is 11.3 Å². The number of sulfonamides is 1. The number of amides is 3. The molecule has 0 saturated carbocycles. The summed E-state index contributed by atoms with van der Waals surface area (Å²) in [6, 6.07) is 6.83. The highest BCUT2D eigenvalue weighted by atomic mass is 32.2. The molecule has 3 N–H and O–H groups in total. The first-order valence-corrected chi connectivity index (χ1v) is 12.1. The van der Waals surface area contributed by atoms with Gasteiger partial charge in [0.1, 0.15) is 0 Å². The SMILES string of the molecule is CNS(=O)(=O)Cc1ccc(CNC(=O)N2CCCC(C(=O)Nc3nccs3)C2)cc1. The number of hydrogen-bond acceptors (Lipinski definition) is 6. The van der Waals surface area contributed by atoms with Crippen LogP contribution in [-0.2, 0) is 27.1 Å². The lowest BCUT2D eigenvalue weighted by atomic mass is 9.97. The van der Waals surface area contributed by atoms with Crippen molar-refractivity contribution in [2.24, 2.45) is 5.92 Å². The van der Waals surface area contributed by atoms with Gasteiger partial charge < -0.3 is 15.5 Å². The summed E-state index contributed by atoms with van der Waals surface area (Å²) >= 11 is 1.36. The van der Waals surface area contributed by atoms with Crippen LogP contribution in [-0.4, -0.2) is 50.4 Å². The van der Waals surface area contributed by atoms with Gasteiger partial charge in [0.25, 0.3) is 0 Å². The fourth-order valence-corrected chi connectivity index (χ4v) is 4.51. The number of aromatic nitrogens is 1. The predicted molar refractivity (Wildman–Crippen MR) is 115 cm³/mol. The highest BCUT2D eigenvalue weighted by Crippen LogP contribution is 2.20. The minimum atomic E-state index is -3.32. The molecule has 9 nitrogen and oxygen atoms in total. The molecule has 162 valence electrons. The van der Waals surface area contributed by atoms with E-state index >= 15 is 0 Å². The van der Waals surface area contributed by atoms with Crippen LogP contribution in [0.25, 0.3) is 0 Å². The minimum Gasteiger partial charge on any atom is -0.334 e. The van der Waals surface area contributed by atoms with Crippen LogP contribution in [0.3, 0.4) is 0 Å². The Morgan fingerprint density at radius 3 is 2.63 bits per heavy atom. The number of nitrogens with one attached hydrogen (secondary N) is 3. The van der Waals surface area contributed by atoms with Crippen LogP contribution in [0, 0.1) is 5.92 Å². The molecular weight excluding hydrogens is 426 g/mol. The summed E-state index contributed by atoms with van der Waals surface area (Å²) in [4.78, 5) is 30.7. The number of hydrogen-bond donors (Lipinski definition) is 3. The molecule has 0 aliphatic carbocycles. The number of urea groups is 1. The van der Waals surface area contributed by atoms with Gasteiger partial charge in [0.2, 0.25) is 15.9 Å². The van der Waals surface area contributed by atoms with Crippen LogP contribution in [0.1, 0.15) is 24.0 Å². The summed E-state index contributed by atoms with van der Waals surface area (Å²) in [5, 5.41) is 8.02. The second-order valence-corrected chi connectivity index (χ2v) is 9.87. The molecule has 3 rings (SSSR count). The molecule has 2 aromatic rings. The third kappa shape index (κ3) is 6.25. The quantitative estimate of drug-likeness (QED) is 0.592. The zero-order valence-electron chi connectivity index (χ0n) is 16.6. The van der Waals surface area contributed by atoms with Crippen molar-refractivity contribution in [3.8, 4) is 0 Å². The first-order chi connectivity index (χ1) is 14.4. The maximum Gasteiger partial charge on any atom is 0.317 e. The van der Waals surface area contributed by atoms with Crippen molar-refractivity contribution in [3.63, 3.8) is 0 Å². The largest absolute Gasteiger partial charge is 0.334 e. The van der Waals surface area contributed by atoms with Crippen molar-refractivity contribution >= 4 is 38.4 Å². The van der Waals surface area contributed by atoms with Gasteiger partial charge in [-0.25, -0.2) is 22.9 Å². The van der Waals surface area contributed by atoms with Crippen LogP contribution in [0.4, 0.5) is 9.93 Å². The summed E-state index contributed by atoms with van der Waals surface area (Å²) in [5.41, 5.74) is 1.54. The molecule has 0 bridgehead atoms. The van der Waals surface area contributed by atoms with Gasteiger partial charge in [-0.05, 0) is 31.0 Å². The van der Waals surface area contributed by atoms with E-state index in [-0.39, 0.29) is 23.6 Å². The smallest absolute Gasteiger partial charge is 0.317 e. The molecule has 3 amide bonds. The van der Waals surface area contributed by atoms with E-state index in [4.69, 9.17) is 0 Å². The highest BCUT2D eigenvalue weighted by molar-refractivity contribution is 7.88. The van der Waals surface area contributed by atoms with Gasteiger partial charge >= 0.3 is 6.03 Å². The number of rotatable bonds is 7. The van der Waals surface area contributed by atoms with E-state index in [9.17, 15) is 18.0 Å². The maximum absolute atomic E-state index is 12.5. The van der Waals surface area contributed by atoms with Crippen LogP contribution < -0.4 is 15.4 Å². The van der Waals surface area contributed by atoms with E-state index < -0.39 is 10.0 Å². The van der Waals surface area contributed by atoms with Gasteiger partial charge in [0.15, 0.2) is 5.13 Å². The van der Waals surface area contributed by atoms with Crippen molar-refractivity contribution in [3.05, 3.63) is 47.0 Å². The van der Waals surface area contributed by atoms with Crippen molar-refractivity contribution < 1.29 is 18.0 Å². The Hall–Kier alpha value is -2.50. The lowest BCUT2D eigenvalue weighted by molar-refractivity contribution is -0.121. The number of piperidine rings is 1. The van der Waals surface area contributed by atoms with Gasteiger partial charge in [-0.1, -0.05) is 24.3 Å². The Kier molecular flexibility index (Phi) is 7.40. The van der Waals surface area contributed by atoms with E-state index in [2.05, 4.69) is 20.3 Å². The molecule has 1 aliphatic heterocycles. The lowest BCUT2D eigenvalue weighted by Crippen LogP contribution is -2.47. The van der Waals surface area contributed by atoms with E-state index in [1.165, 1.54) is 18.4 Å². The van der Waals surface area contributed by atoms with Gasteiger partial charge in [-0.2, -0.15) is 0 Å². The Bertz CT molecular complexity index is 961. The fourth-order valence-electron chi connectivity index (χ4n) is 3.20. The third-order valence-corrected chi connectivity index (χ3v) is 6.90. The molecular formula is C19H25N5O4S2. The number of thiazole rings is 1. The monoisotopic (exact) mass is 451 g/mol. The summed E-state index contributed by atoms with van der Waals surface area (Å²) < 4.78 is 25.5. The fraction of sp³-hybridized carbons (Fsp3) is 0.421. The summed E-state index contributed by atoms with van der Waals surface area (Å²) in [7, 11) is -1.93. The van der Waals surface area contributed by atoms with E-state index in [0.717, 1.165) is 18.4 Å². The molecule has 1 fully saturated rings. The molecule has 1 aromatic carbocycles. The van der Waals surface area contributed by atoms with Gasteiger partial charge in [-0.3, -0.25) is 4.79 Å². The zero-order valence-corrected chi connectivity index (χ0v) is 18.3. The first kappa shape index (κ1) is 22.2. The number of likely N-dealkylation sites (tertiary alicyclic amines) is 1. The minimum absolute atomic E-state index is 0.0889. The molecule has 11 heteroatoms. The average Bonchev–Trinajstić information content (AvgIpc) is 3.26. The number of benzene rings is 1. The third-order valence-electron chi connectivity index (χ3n) is 4.88. The van der Waals surface area contributed by atoms with E-state index in [0.29, 0.717) is 30.3 Å². The van der Waals surface area contributed by atoms with Crippen LogP contribution in [0.15, 0.2) is 35.8 Å². The molecule has 1 aliphatic rings. The lowest BCUT2D eigenvalue weighted by Gasteiger charge is -2.31. The Morgan fingerprint density at radius 2 is 1.97 bits per heavy atom. The van der Waals surface area contributed by atoms with Crippen molar-refractivity contribution in [2.75, 3.05) is 25.5 Å². The number of carbonyl (C=O) groups excluding carboxylic acids is 2. The van der Waals surface area contributed by atoms with Crippen LogP contribution >= 0.6 is 11.3 Å². The number of anilines is 1. The topological polar surface area (TPSA) is 121 Å². The van der Waals surface area contributed by atoms with E-state index in [1.807, 2.05) is 0 Å². The maximum atomic E-state index is 12.5. The normalized spacial score (nSPS) is 16.8. The number of carbonyl (C=O) groups is 2. The van der Waals surface area contributed by atoms with E-state index in [1.54, 1.807) is 40.7 Å². The van der Waals surface area contributed by atoms with Gasteiger partial charge in [0, 0.05) is 31.2 Å². The van der Waals surface area contributed by atoms with Crippen molar-refractivity contribution in [1.82, 2.24) is 19.9 Å². The predicted octanol–water partition coefficient (Wildman–Crippen LogP) is 1.75. The van der Waals surface area contributed by atoms with Crippen LogP contribution in [0.5, 0.6) is 0 Å². The van der Waals surface area contributed by atoms with Crippen molar-refractivity contribution in [2.45, 2.75) is 25.1 Å². The summed E-state index contributed by atoms with van der Waals surface area (Å²) in [5.74, 6) is -0.467. The molecule has 0 spiro atoms. The highest BCUT2D eigenvalue weighted by Gasteiger charge is 2.28. The molecule has 2 heterocycles. The molecule has 30 heavy (non-hydrogen) atoms. The summed E-state index contributed by atoms with van der Waals surface area (Å²) in [6.07, 6.45) is 3.13. The molecule has 0 radical (unpaired) electrons. The second kappa shape index (κ2) is 10.0. The van der Waals surface area contributed by atoms with Crippen LogP contribution in [0.2, 0.25) is 0 Å². The standard InChI is InChI=1S/C19H25N5O4S2/c1-20-30(27,28)13-15-6-4-14(5-7-15)11-22-19(26)24-9-2-3-16(12-24)17(25)23-18-21-8-10-29-18/h4-8,10,16,20H,2-3,9,11-13H2,1H3,(H,22,26)(H,21,23,25). The molecule has 1 aromatic heterocycles. The van der Waals surface area contributed by atoms with Gasteiger partial charge in [0.05, 0.1) is 11.7 Å². The zero-order chi connectivity index (χ0) is 21.6. The molecule has 1 unspecified atom stereocenters.